The average Bonchev–Trinajstić information content (AvgIpc) is 2.33. The lowest BCUT2D eigenvalue weighted by Gasteiger charge is -2.15. The highest BCUT2D eigenvalue weighted by atomic mass is 16.1. The summed E-state index contributed by atoms with van der Waals surface area (Å²) in [4.78, 5) is 11.5. The lowest BCUT2D eigenvalue weighted by Crippen LogP contribution is -2.42. The molecule has 2 N–H and O–H groups in total. The number of hydrogen-bond donors (Lipinski definition) is 1. The van der Waals surface area contributed by atoms with E-state index in [1.165, 1.54) is 0 Å². The summed E-state index contributed by atoms with van der Waals surface area (Å²) in [5, 5.41) is 3.98. The third kappa shape index (κ3) is 2.66. The molecule has 1 heterocycles. The first-order valence-electron chi connectivity index (χ1n) is 4.19. The third-order valence-electron chi connectivity index (χ3n) is 1.84. The molecule has 1 rings (SSSR count). The molecular formula is C9H15N3O. The first-order valence-corrected chi connectivity index (χ1v) is 4.19. The van der Waals surface area contributed by atoms with E-state index in [2.05, 4.69) is 5.10 Å². The Balaban J connectivity index is 2.65. The van der Waals surface area contributed by atoms with Crippen LogP contribution in [0.3, 0.4) is 0 Å². The number of rotatable bonds is 3. The van der Waals surface area contributed by atoms with E-state index in [0.29, 0.717) is 6.42 Å². The molecule has 0 fully saturated rings. The van der Waals surface area contributed by atoms with Crippen molar-refractivity contribution in [3.63, 3.8) is 0 Å². The molecule has 13 heavy (non-hydrogen) atoms. The number of hydrogen-bond acceptors (Lipinski definition) is 3. The summed E-state index contributed by atoms with van der Waals surface area (Å²) in [6.45, 7) is 3.43. The fourth-order valence-electron chi connectivity index (χ4n) is 0.976. The second-order valence-electron chi connectivity index (χ2n) is 3.84. The van der Waals surface area contributed by atoms with Gasteiger partial charge in [-0.1, -0.05) is 0 Å². The molecule has 0 saturated carbocycles. The van der Waals surface area contributed by atoms with E-state index < -0.39 is 5.54 Å². The number of nitrogens with two attached hydrogens (primary N) is 1. The van der Waals surface area contributed by atoms with Crippen LogP contribution in [0.25, 0.3) is 0 Å². The van der Waals surface area contributed by atoms with Crippen LogP contribution in [0.1, 0.15) is 19.4 Å². The van der Waals surface area contributed by atoms with Crippen molar-refractivity contribution in [2.24, 2.45) is 12.8 Å². The highest BCUT2D eigenvalue weighted by Crippen LogP contribution is 2.06. The second kappa shape index (κ2) is 3.30. The highest BCUT2D eigenvalue weighted by molar-refractivity contribution is 5.88. The van der Waals surface area contributed by atoms with Crippen LogP contribution in [0.2, 0.25) is 0 Å². The van der Waals surface area contributed by atoms with Gasteiger partial charge in [0, 0.05) is 19.7 Å². The van der Waals surface area contributed by atoms with Crippen LogP contribution in [0, 0.1) is 0 Å². The van der Waals surface area contributed by atoms with Gasteiger partial charge in [0.15, 0.2) is 5.78 Å². The number of carbonyl (C=O) groups is 1. The maximum atomic E-state index is 11.5. The fourth-order valence-corrected chi connectivity index (χ4v) is 0.976. The largest absolute Gasteiger partial charge is 0.319 e. The van der Waals surface area contributed by atoms with Crippen molar-refractivity contribution in [1.82, 2.24) is 9.78 Å². The monoisotopic (exact) mass is 181 g/mol. The van der Waals surface area contributed by atoms with Crippen molar-refractivity contribution in [3.8, 4) is 0 Å². The van der Waals surface area contributed by atoms with Crippen LogP contribution < -0.4 is 5.73 Å². The van der Waals surface area contributed by atoms with E-state index in [0.717, 1.165) is 5.56 Å². The van der Waals surface area contributed by atoms with Gasteiger partial charge < -0.3 is 5.73 Å². The molecule has 1 aromatic heterocycles. The van der Waals surface area contributed by atoms with Crippen LogP contribution in [-0.2, 0) is 18.3 Å². The number of ketones is 1. The molecule has 0 aliphatic carbocycles. The van der Waals surface area contributed by atoms with Crippen LogP contribution in [0.4, 0.5) is 0 Å². The quantitative estimate of drug-likeness (QED) is 0.728. The molecule has 0 bridgehead atoms. The van der Waals surface area contributed by atoms with Crippen molar-refractivity contribution < 1.29 is 4.79 Å². The molecule has 4 nitrogen and oxygen atoms in total. The summed E-state index contributed by atoms with van der Waals surface area (Å²) in [5.41, 5.74) is 5.81. The Bertz CT molecular complexity index is 309. The zero-order chi connectivity index (χ0) is 10.1. The summed E-state index contributed by atoms with van der Waals surface area (Å²) >= 11 is 0. The van der Waals surface area contributed by atoms with Crippen molar-refractivity contribution in [1.29, 1.82) is 0 Å². The van der Waals surface area contributed by atoms with E-state index in [1.807, 2.05) is 13.2 Å². The van der Waals surface area contributed by atoms with E-state index in [1.54, 1.807) is 24.7 Å². The van der Waals surface area contributed by atoms with E-state index in [4.69, 9.17) is 5.73 Å². The van der Waals surface area contributed by atoms with Crippen LogP contribution in [0.15, 0.2) is 12.4 Å². The summed E-state index contributed by atoms with van der Waals surface area (Å²) in [6, 6.07) is 0. The van der Waals surface area contributed by atoms with Gasteiger partial charge >= 0.3 is 0 Å². The molecule has 0 saturated heterocycles. The van der Waals surface area contributed by atoms with Gasteiger partial charge in [0.05, 0.1) is 11.7 Å². The van der Waals surface area contributed by atoms with Crippen LogP contribution in [-0.4, -0.2) is 21.1 Å². The van der Waals surface area contributed by atoms with Gasteiger partial charge in [-0.3, -0.25) is 9.48 Å². The Labute approximate surface area is 77.7 Å². The predicted octanol–water partition coefficient (Wildman–Crippen LogP) is 0.269. The minimum Gasteiger partial charge on any atom is -0.319 e. The van der Waals surface area contributed by atoms with Crippen molar-refractivity contribution in [3.05, 3.63) is 18.0 Å². The van der Waals surface area contributed by atoms with Crippen LogP contribution >= 0.6 is 0 Å². The predicted molar refractivity (Wildman–Crippen MR) is 50.2 cm³/mol. The average molecular weight is 181 g/mol. The summed E-state index contributed by atoms with van der Waals surface area (Å²) in [6.07, 6.45) is 3.87. The Hall–Kier alpha value is -1.16. The fraction of sp³-hybridized carbons (Fsp3) is 0.556. The molecule has 0 radical (unpaired) electrons. The molecule has 72 valence electrons. The van der Waals surface area contributed by atoms with Crippen molar-refractivity contribution in [2.45, 2.75) is 25.8 Å². The minimum absolute atomic E-state index is 0.0282. The van der Waals surface area contributed by atoms with Crippen molar-refractivity contribution >= 4 is 5.78 Å². The first kappa shape index (κ1) is 9.92. The summed E-state index contributed by atoms with van der Waals surface area (Å²) < 4.78 is 1.67. The molecule has 0 atom stereocenters. The highest BCUT2D eigenvalue weighted by Gasteiger charge is 2.21. The van der Waals surface area contributed by atoms with Gasteiger partial charge in [0.25, 0.3) is 0 Å². The molecule has 0 spiro atoms. The molecule has 4 heteroatoms. The van der Waals surface area contributed by atoms with E-state index in [-0.39, 0.29) is 5.78 Å². The van der Waals surface area contributed by atoms with Gasteiger partial charge in [-0.15, -0.1) is 0 Å². The van der Waals surface area contributed by atoms with Gasteiger partial charge in [0.1, 0.15) is 0 Å². The lowest BCUT2D eigenvalue weighted by molar-refractivity contribution is -0.122. The molecular weight excluding hydrogens is 166 g/mol. The molecule has 0 aliphatic heterocycles. The zero-order valence-corrected chi connectivity index (χ0v) is 8.24. The maximum absolute atomic E-state index is 11.5. The summed E-state index contributed by atoms with van der Waals surface area (Å²) in [5.74, 6) is 0.0282. The molecule has 0 unspecified atom stereocenters. The Morgan fingerprint density at radius 1 is 1.69 bits per heavy atom. The first-order chi connectivity index (χ1) is 5.89. The van der Waals surface area contributed by atoms with Gasteiger partial charge in [0.2, 0.25) is 0 Å². The smallest absolute Gasteiger partial charge is 0.156 e. The van der Waals surface area contributed by atoms with Gasteiger partial charge in [-0.2, -0.15) is 5.10 Å². The Morgan fingerprint density at radius 2 is 2.31 bits per heavy atom. The topological polar surface area (TPSA) is 60.9 Å². The van der Waals surface area contributed by atoms with Crippen molar-refractivity contribution in [2.75, 3.05) is 0 Å². The minimum atomic E-state index is -0.754. The van der Waals surface area contributed by atoms with Crippen LogP contribution in [0.5, 0.6) is 0 Å². The lowest BCUT2D eigenvalue weighted by atomic mass is 9.96. The Morgan fingerprint density at radius 3 is 2.69 bits per heavy atom. The number of Topliss-reactive ketones (excluding diaryl/α,β-unsaturated/α-hetero) is 1. The molecule has 0 aromatic carbocycles. The number of nitrogens with zero attached hydrogens (tertiary/aromatic N) is 2. The van der Waals surface area contributed by atoms with Gasteiger partial charge in [-0.05, 0) is 19.4 Å². The molecule has 1 aromatic rings. The maximum Gasteiger partial charge on any atom is 0.156 e. The second-order valence-corrected chi connectivity index (χ2v) is 3.84. The van der Waals surface area contributed by atoms with E-state index >= 15 is 0 Å². The van der Waals surface area contributed by atoms with E-state index in [9.17, 15) is 4.79 Å². The Kier molecular flexibility index (Phi) is 2.52. The number of carbonyl (C=O) groups excluding carboxylic acids is 1. The third-order valence-corrected chi connectivity index (χ3v) is 1.84. The standard InChI is InChI=1S/C9H15N3O/c1-9(2,10)8(13)4-7-5-11-12(3)6-7/h5-6H,4,10H2,1-3H3. The molecule has 0 aliphatic rings. The SMILES string of the molecule is Cn1cc(CC(=O)C(C)(C)N)cn1. The summed E-state index contributed by atoms with van der Waals surface area (Å²) in [7, 11) is 1.82. The zero-order valence-electron chi connectivity index (χ0n) is 8.24. The molecule has 0 amide bonds. The normalized spacial score (nSPS) is 11.7. The number of aromatic nitrogens is 2. The number of aryl methyl sites for hydroxylation is 1. The van der Waals surface area contributed by atoms with Gasteiger partial charge in [-0.25, -0.2) is 0 Å².